The number of alkyl carbamates (subject to hydrolysis) is 1. The molecule has 4 rings (SSSR count). The topological polar surface area (TPSA) is 77.2 Å². The standard InChI is InChI=1S/C23H24BrF2N3O3/c1-23(2,3)32-22(30)28-17(8-13-6-14(25)10-15(26)7-13)20-16(24)11-18-21(29-20)31-19(27-18)9-12-4-5-12/h6-7,10-12,17H,4-5,8-9H2,1-3H3,(H,28,30)/t17-/m0/s1. The average Bonchev–Trinajstić information content (AvgIpc) is 3.36. The van der Waals surface area contributed by atoms with Gasteiger partial charge >= 0.3 is 6.09 Å². The van der Waals surface area contributed by atoms with Gasteiger partial charge in [0.1, 0.15) is 22.8 Å². The predicted molar refractivity (Wildman–Crippen MR) is 118 cm³/mol. The van der Waals surface area contributed by atoms with Gasteiger partial charge in [-0.1, -0.05) is 0 Å². The number of benzene rings is 1. The predicted octanol–water partition coefficient (Wildman–Crippen LogP) is 6.02. The molecule has 1 atom stereocenters. The minimum atomic E-state index is -0.734. The molecular formula is C23H24BrF2N3O3. The van der Waals surface area contributed by atoms with E-state index in [2.05, 4.69) is 31.2 Å². The molecule has 3 aromatic rings. The van der Waals surface area contributed by atoms with Gasteiger partial charge < -0.3 is 14.5 Å². The Hall–Kier alpha value is -2.55. The van der Waals surface area contributed by atoms with Crippen molar-refractivity contribution in [3.8, 4) is 0 Å². The third-order valence-electron chi connectivity index (χ3n) is 4.95. The Morgan fingerprint density at radius 1 is 1.22 bits per heavy atom. The molecule has 6 nitrogen and oxygen atoms in total. The van der Waals surface area contributed by atoms with Gasteiger partial charge in [0, 0.05) is 17.0 Å². The highest BCUT2D eigenvalue weighted by atomic mass is 79.9. The van der Waals surface area contributed by atoms with Gasteiger partial charge in [0.05, 0.1) is 11.7 Å². The fraction of sp³-hybridized carbons (Fsp3) is 0.435. The summed E-state index contributed by atoms with van der Waals surface area (Å²) in [5, 5.41) is 2.77. The number of nitrogens with one attached hydrogen (secondary N) is 1. The molecule has 0 unspecified atom stereocenters. The first kappa shape index (κ1) is 22.6. The first-order valence-corrected chi connectivity index (χ1v) is 11.3. The van der Waals surface area contributed by atoms with Crippen molar-refractivity contribution in [3.05, 3.63) is 57.5 Å². The van der Waals surface area contributed by atoms with Crippen LogP contribution in [0.4, 0.5) is 13.6 Å². The van der Waals surface area contributed by atoms with E-state index < -0.39 is 29.4 Å². The number of ether oxygens (including phenoxy) is 1. The van der Waals surface area contributed by atoms with Gasteiger partial charge in [-0.25, -0.2) is 23.5 Å². The first-order chi connectivity index (χ1) is 15.1. The largest absolute Gasteiger partial charge is 0.444 e. The number of hydrogen-bond acceptors (Lipinski definition) is 5. The van der Waals surface area contributed by atoms with E-state index in [1.165, 1.54) is 25.0 Å². The quantitative estimate of drug-likeness (QED) is 0.441. The van der Waals surface area contributed by atoms with Crippen molar-refractivity contribution in [3.63, 3.8) is 0 Å². The third kappa shape index (κ3) is 5.82. The molecule has 0 radical (unpaired) electrons. The van der Waals surface area contributed by atoms with Crippen molar-refractivity contribution in [2.24, 2.45) is 5.92 Å². The number of oxazole rings is 1. The summed E-state index contributed by atoms with van der Waals surface area (Å²) in [5.74, 6) is -0.157. The molecule has 32 heavy (non-hydrogen) atoms. The van der Waals surface area contributed by atoms with Crippen molar-refractivity contribution >= 4 is 33.3 Å². The highest BCUT2D eigenvalue weighted by molar-refractivity contribution is 9.10. The number of carbonyl (C=O) groups is 1. The third-order valence-corrected chi connectivity index (χ3v) is 5.59. The van der Waals surface area contributed by atoms with Gasteiger partial charge in [-0.2, -0.15) is 0 Å². The van der Waals surface area contributed by atoms with Crippen LogP contribution in [-0.4, -0.2) is 21.7 Å². The molecule has 0 aliphatic heterocycles. The zero-order valence-corrected chi connectivity index (χ0v) is 19.6. The lowest BCUT2D eigenvalue weighted by Gasteiger charge is -2.24. The van der Waals surface area contributed by atoms with E-state index in [9.17, 15) is 13.6 Å². The molecule has 0 spiro atoms. The lowest BCUT2D eigenvalue weighted by molar-refractivity contribution is 0.0502. The van der Waals surface area contributed by atoms with Gasteiger partial charge in [-0.3, -0.25) is 0 Å². The minimum absolute atomic E-state index is 0.0914. The molecule has 0 bridgehead atoms. The summed E-state index contributed by atoms with van der Waals surface area (Å²) in [5.41, 5.74) is 1.05. The molecule has 1 fully saturated rings. The van der Waals surface area contributed by atoms with E-state index >= 15 is 0 Å². The number of fused-ring (bicyclic) bond motifs is 1. The summed E-state index contributed by atoms with van der Waals surface area (Å²) in [6, 6.07) is 4.29. The number of rotatable bonds is 6. The van der Waals surface area contributed by atoms with Gasteiger partial charge in [0.25, 0.3) is 0 Å². The van der Waals surface area contributed by atoms with E-state index in [0.29, 0.717) is 38.8 Å². The fourth-order valence-electron chi connectivity index (χ4n) is 3.43. The number of pyridine rings is 1. The molecule has 1 aliphatic rings. The van der Waals surface area contributed by atoms with Crippen molar-refractivity contribution in [2.45, 2.75) is 58.1 Å². The smallest absolute Gasteiger partial charge is 0.408 e. The van der Waals surface area contributed by atoms with Crippen molar-refractivity contribution < 1.29 is 22.7 Å². The van der Waals surface area contributed by atoms with Crippen LogP contribution in [0.25, 0.3) is 11.2 Å². The zero-order chi connectivity index (χ0) is 23.0. The molecule has 9 heteroatoms. The minimum Gasteiger partial charge on any atom is -0.444 e. The Morgan fingerprint density at radius 3 is 2.53 bits per heavy atom. The Kier molecular flexibility index (Phi) is 6.20. The maximum Gasteiger partial charge on any atom is 0.408 e. The summed E-state index contributed by atoms with van der Waals surface area (Å²) in [6.45, 7) is 5.25. The molecule has 1 N–H and O–H groups in total. The number of hydrogen-bond donors (Lipinski definition) is 1. The maximum atomic E-state index is 13.8. The SMILES string of the molecule is CC(C)(C)OC(=O)N[C@@H](Cc1cc(F)cc(F)c1)c1nc2oc(CC3CC3)nc2cc1Br. The molecule has 2 heterocycles. The van der Waals surface area contributed by atoms with Gasteiger partial charge in [-0.15, -0.1) is 0 Å². The Bertz CT molecular complexity index is 1140. The van der Waals surface area contributed by atoms with E-state index in [0.717, 1.165) is 12.5 Å². The lowest BCUT2D eigenvalue weighted by Crippen LogP contribution is -2.36. The van der Waals surface area contributed by atoms with Gasteiger partial charge in [-0.05, 0) is 85.6 Å². The van der Waals surface area contributed by atoms with Crippen LogP contribution in [0.3, 0.4) is 0 Å². The maximum absolute atomic E-state index is 13.8. The number of halogens is 3. The average molecular weight is 508 g/mol. The molecule has 0 saturated heterocycles. The van der Waals surface area contributed by atoms with E-state index in [1.807, 2.05) is 0 Å². The highest BCUT2D eigenvalue weighted by Crippen LogP contribution is 2.34. The Morgan fingerprint density at radius 2 is 1.91 bits per heavy atom. The second kappa shape index (κ2) is 8.77. The van der Waals surface area contributed by atoms with Crippen molar-refractivity contribution in [1.82, 2.24) is 15.3 Å². The van der Waals surface area contributed by atoms with E-state index in [4.69, 9.17) is 9.15 Å². The van der Waals surface area contributed by atoms with Crippen LogP contribution < -0.4 is 5.32 Å². The van der Waals surface area contributed by atoms with Crippen LogP contribution in [0.5, 0.6) is 0 Å². The molecule has 1 aromatic carbocycles. The Labute approximate surface area is 192 Å². The molecular weight excluding hydrogens is 484 g/mol. The summed E-state index contributed by atoms with van der Waals surface area (Å²) < 4.78 is 39.3. The first-order valence-electron chi connectivity index (χ1n) is 10.5. The molecule has 1 amide bonds. The van der Waals surface area contributed by atoms with Crippen LogP contribution in [0.2, 0.25) is 0 Å². The number of aromatic nitrogens is 2. The highest BCUT2D eigenvalue weighted by Gasteiger charge is 2.27. The number of carbonyl (C=O) groups excluding carboxylic acids is 1. The number of amides is 1. The lowest BCUT2D eigenvalue weighted by atomic mass is 10.0. The van der Waals surface area contributed by atoms with Crippen LogP contribution in [0.15, 0.2) is 33.2 Å². The second-order valence-corrected chi connectivity index (χ2v) is 9.97. The molecule has 1 aliphatic carbocycles. The summed E-state index contributed by atoms with van der Waals surface area (Å²) in [6.07, 6.45) is 2.54. The molecule has 1 saturated carbocycles. The summed E-state index contributed by atoms with van der Waals surface area (Å²) >= 11 is 3.50. The summed E-state index contributed by atoms with van der Waals surface area (Å²) in [4.78, 5) is 21.6. The Balaban J connectivity index is 1.67. The molecule has 170 valence electrons. The van der Waals surface area contributed by atoms with Crippen molar-refractivity contribution in [1.29, 1.82) is 0 Å². The van der Waals surface area contributed by atoms with Crippen LogP contribution in [0.1, 0.15) is 56.8 Å². The van der Waals surface area contributed by atoms with Gasteiger partial charge in [0.2, 0.25) is 5.71 Å². The normalized spacial score (nSPS) is 15.1. The van der Waals surface area contributed by atoms with E-state index in [-0.39, 0.29) is 6.42 Å². The van der Waals surface area contributed by atoms with Gasteiger partial charge in [0.15, 0.2) is 5.89 Å². The summed E-state index contributed by atoms with van der Waals surface area (Å²) in [7, 11) is 0. The zero-order valence-electron chi connectivity index (χ0n) is 18.0. The van der Waals surface area contributed by atoms with Crippen molar-refractivity contribution in [2.75, 3.05) is 0 Å². The second-order valence-electron chi connectivity index (χ2n) is 9.12. The fourth-order valence-corrected chi connectivity index (χ4v) is 4.01. The van der Waals surface area contributed by atoms with E-state index in [1.54, 1.807) is 26.8 Å². The molecule has 2 aromatic heterocycles. The number of nitrogens with zero attached hydrogens (tertiary/aromatic N) is 2. The van der Waals surface area contributed by atoms with Crippen LogP contribution in [0, 0.1) is 17.6 Å². The van der Waals surface area contributed by atoms with Crippen LogP contribution in [-0.2, 0) is 17.6 Å². The monoisotopic (exact) mass is 507 g/mol. The van der Waals surface area contributed by atoms with Crippen LogP contribution >= 0.6 is 15.9 Å².